The van der Waals surface area contributed by atoms with Crippen LogP contribution >= 0.6 is 0 Å². The second-order valence-electron chi connectivity index (χ2n) is 2.58. The Labute approximate surface area is 74.7 Å². The summed E-state index contributed by atoms with van der Waals surface area (Å²) in [4.78, 5) is 0. The van der Waals surface area contributed by atoms with E-state index in [-0.39, 0.29) is 11.9 Å². The second-order valence-corrected chi connectivity index (χ2v) is 4.15. The molecular formula is C9H12O2S. The summed E-state index contributed by atoms with van der Waals surface area (Å²) < 4.78 is 11.1. The molecule has 12 heavy (non-hydrogen) atoms. The van der Waals surface area contributed by atoms with Crippen LogP contribution in [0.3, 0.4) is 0 Å². The molecule has 1 aromatic carbocycles. The van der Waals surface area contributed by atoms with Gasteiger partial charge >= 0.3 is 0 Å². The van der Waals surface area contributed by atoms with Crippen molar-refractivity contribution in [1.29, 1.82) is 0 Å². The molecule has 0 saturated carbocycles. The van der Waals surface area contributed by atoms with E-state index in [4.69, 9.17) is 5.11 Å². The molecule has 2 atom stereocenters. The highest BCUT2D eigenvalue weighted by Crippen LogP contribution is 2.17. The lowest BCUT2D eigenvalue weighted by Gasteiger charge is -2.10. The minimum atomic E-state index is -1.00. The van der Waals surface area contributed by atoms with Gasteiger partial charge in [0.2, 0.25) is 0 Å². The van der Waals surface area contributed by atoms with Gasteiger partial charge in [-0.05, 0) is 5.56 Å². The third-order valence-electron chi connectivity index (χ3n) is 1.74. The molecule has 0 saturated heterocycles. The van der Waals surface area contributed by atoms with E-state index in [1.165, 1.54) is 0 Å². The molecule has 0 spiro atoms. The van der Waals surface area contributed by atoms with Crippen molar-refractivity contribution in [1.82, 2.24) is 0 Å². The quantitative estimate of drug-likeness (QED) is 0.763. The fraction of sp³-hybridized carbons (Fsp3) is 0.333. The van der Waals surface area contributed by atoms with Gasteiger partial charge < -0.3 is 5.11 Å². The zero-order valence-electron chi connectivity index (χ0n) is 6.93. The van der Waals surface area contributed by atoms with Crippen molar-refractivity contribution < 1.29 is 9.32 Å². The summed E-state index contributed by atoms with van der Waals surface area (Å²) >= 11 is 0. The van der Waals surface area contributed by atoms with Crippen LogP contribution in [-0.2, 0) is 10.8 Å². The Bertz CT molecular complexity index is 258. The molecule has 0 bridgehead atoms. The Morgan fingerprint density at radius 1 is 1.42 bits per heavy atom. The summed E-state index contributed by atoms with van der Waals surface area (Å²) in [5.41, 5.74) is 0.931. The summed E-state index contributed by atoms with van der Waals surface area (Å²) in [6.45, 7) is -0.0624. The molecule has 2 unspecified atom stereocenters. The fourth-order valence-corrected chi connectivity index (χ4v) is 1.82. The van der Waals surface area contributed by atoms with Crippen LogP contribution in [-0.4, -0.2) is 22.2 Å². The van der Waals surface area contributed by atoms with E-state index in [1.54, 1.807) is 6.26 Å². The highest BCUT2D eigenvalue weighted by molar-refractivity contribution is 7.84. The molecule has 0 radical (unpaired) electrons. The average Bonchev–Trinajstić information content (AvgIpc) is 2.07. The minimum absolute atomic E-state index is 0.0624. The molecule has 3 heteroatoms. The lowest BCUT2D eigenvalue weighted by molar-refractivity contribution is 0.294. The van der Waals surface area contributed by atoms with Crippen molar-refractivity contribution in [3.63, 3.8) is 0 Å². The van der Waals surface area contributed by atoms with Crippen LogP contribution in [0.2, 0.25) is 0 Å². The van der Waals surface area contributed by atoms with Crippen molar-refractivity contribution in [2.24, 2.45) is 0 Å². The van der Waals surface area contributed by atoms with Crippen molar-refractivity contribution in [3.05, 3.63) is 35.9 Å². The molecule has 1 N–H and O–H groups in total. The zero-order valence-corrected chi connectivity index (χ0v) is 7.75. The van der Waals surface area contributed by atoms with E-state index in [0.29, 0.717) is 0 Å². The largest absolute Gasteiger partial charge is 0.395 e. The third kappa shape index (κ3) is 2.16. The van der Waals surface area contributed by atoms with E-state index in [9.17, 15) is 4.21 Å². The molecule has 0 amide bonds. The van der Waals surface area contributed by atoms with Gasteiger partial charge in [-0.25, -0.2) is 0 Å². The van der Waals surface area contributed by atoms with E-state index in [1.807, 2.05) is 30.3 Å². The van der Waals surface area contributed by atoms with Crippen molar-refractivity contribution in [3.8, 4) is 0 Å². The van der Waals surface area contributed by atoms with Gasteiger partial charge in [-0.2, -0.15) is 0 Å². The van der Waals surface area contributed by atoms with Gasteiger partial charge in [0, 0.05) is 17.1 Å². The summed E-state index contributed by atoms with van der Waals surface area (Å²) in [5, 5.41) is 8.71. The molecule has 0 aliphatic rings. The van der Waals surface area contributed by atoms with Crippen LogP contribution < -0.4 is 0 Å². The first-order valence-corrected chi connectivity index (χ1v) is 5.36. The lowest BCUT2D eigenvalue weighted by atomic mass is 10.2. The number of rotatable bonds is 3. The van der Waals surface area contributed by atoms with Crippen LogP contribution in [0.25, 0.3) is 0 Å². The normalized spacial score (nSPS) is 15.5. The lowest BCUT2D eigenvalue weighted by Crippen LogP contribution is -2.09. The molecular weight excluding hydrogens is 172 g/mol. The predicted molar refractivity (Wildman–Crippen MR) is 50.3 cm³/mol. The highest BCUT2D eigenvalue weighted by Gasteiger charge is 2.12. The molecule has 0 fully saturated rings. The Hall–Kier alpha value is -0.670. The maximum atomic E-state index is 11.1. The summed E-state index contributed by atoms with van der Waals surface area (Å²) in [6, 6.07) is 9.41. The first-order valence-electron chi connectivity index (χ1n) is 3.73. The molecule has 0 heterocycles. The standard InChI is InChI=1S/C9H12O2S/c1-12(11)9(7-10)8-5-3-2-4-6-8/h2-6,9-10H,7H2,1H3. The highest BCUT2D eigenvalue weighted by atomic mass is 32.2. The first-order chi connectivity index (χ1) is 5.75. The Morgan fingerprint density at radius 3 is 2.42 bits per heavy atom. The van der Waals surface area contributed by atoms with Crippen LogP contribution in [0.1, 0.15) is 10.8 Å². The Balaban J connectivity index is 2.88. The first kappa shape index (κ1) is 9.42. The second kappa shape index (κ2) is 4.38. The summed E-state index contributed by atoms with van der Waals surface area (Å²) in [6.07, 6.45) is 1.61. The Kier molecular flexibility index (Phi) is 3.44. The van der Waals surface area contributed by atoms with Gasteiger partial charge in [0.05, 0.1) is 11.9 Å². The van der Waals surface area contributed by atoms with Gasteiger partial charge in [0.1, 0.15) is 0 Å². The molecule has 1 rings (SSSR count). The van der Waals surface area contributed by atoms with Gasteiger partial charge in [-0.1, -0.05) is 30.3 Å². The Morgan fingerprint density at radius 2 is 2.00 bits per heavy atom. The maximum absolute atomic E-state index is 11.1. The van der Waals surface area contributed by atoms with Crippen LogP contribution in [0.5, 0.6) is 0 Å². The summed E-state index contributed by atoms with van der Waals surface area (Å²) in [5.74, 6) is 0. The van der Waals surface area contributed by atoms with Gasteiger partial charge in [0.15, 0.2) is 0 Å². The predicted octanol–water partition coefficient (Wildman–Crippen LogP) is 1.10. The molecule has 2 nitrogen and oxygen atoms in total. The molecule has 0 aliphatic heterocycles. The monoisotopic (exact) mass is 184 g/mol. The van der Waals surface area contributed by atoms with E-state index in [0.717, 1.165) is 5.56 Å². The SMILES string of the molecule is CS(=O)C(CO)c1ccccc1. The molecule has 0 aliphatic carbocycles. The van der Waals surface area contributed by atoms with Crippen molar-refractivity contribution >= 4 is 10.8 Å². The number of hydrogen-bond donors (Lipinski definition) is 1. The van der Waals surface area contributed by atoms with Gasteiger partial charge in [-0.3, -0.25) is 4.21 Å². The van der Waals surface area contributed by atoms with Crippen LogP contribution in [0, 0.1) is 0 Å². The smallest absolute Gasteiger partial charge is 0.0825 e. The molecule has 66 valence electrons. The van der Waals surface area contributed by atoms with E-state index >= 15 is 0 Å². The average molecular weight is 184 g/mol. The zero-order chi connectivity index (χ0) is 8.97. The van der Waals surface area contributed by atoms with Crippen LogP contribution in [0.4, 0.5) is 0 Å². The van der Waals surface area contributed by atoms with Crippen LogP contribution in [0.15, 0.2) is 30.3 Å². The van der Waals surface area contributed by atoms with E-state index < -0.39 is 10.8 Å². The van der Waals surface area contributed by atoms with Crippen molar-refractivity contribution in [2.45, 2.75) is 5.25 Å². The van der Waals surface area contributed by atoms with Crippen molar-refractivity contribution in [2.75, 3.05) is 12.9 Å². The topological polar surface area (TPSA) is 37.3 Å². The molecule has 1 aromatic rings. The van der Waals surface area contributed by atoms with Gasteiger partial charge in [-0.15, -0.1) is 0 Å². The number of benzene rings is 1. The summed E-state index contributed by atoms with van der Waals surface area (Å²) in [7, 11) is -1.00. The minimum Gasteiger partial charge on any atom is -0.395 e. The van der Waals surface area contributed by atoms with E-state index in [2.05, 4.69) is 0 Å². The third-order valence-corrected chi connectivity index (χ3v) is 2.96. The fourth-order valence-electron chi connectivity index (χ4n) is 1.07. The number of aliphatic hydroxyl groups excluding tert-OH is 1. The van der Waals surface area contributed by atoms with Gasteiger partial charge in [0.25, 0.3) is 0 Å². The number of hydrogen-bond acceptors (Lipinski definition) is 2. The molecule has 0 aromatic heterocycles. The maximum Gasteiger partial charge on any atom is 0.0825 e. The number of aliphatic hydroxyl groups is 1.